The summed E-state index contributed by atoms with van der Waals surface area (Å²) < 4.78 is 0. The van der Waals surface area contributed by atoms with Crippen LogP contribution in [0, 0.1) is 17.0 Å². The second kappa shape index (κ2) is 2.98. The Balaban J connectivity index is 3.36. The van der Waals surface area contributed by atoms with Gasteiger partial charge in [0.1, 0.15) is 0 Å². The van der Waals surface area contributed by atoms with Crippen LogP contribution in [-0.4, -0.2) is 4.92 Å². The number of nitro benzene ring substituents is 1. The number of hydrogen-bond acceptors (Lipinski definition) is 3. The number of hydrogen-bond donors (Lipinski definition) is 1. The van der Waals surface area contributed by atoms with Crippen LogP contribution < -0.4 is 5.73 Å². The molecule has 0 aliphatic heterocycles. The van der Waals surface area contributed by atoms with E-state index in [1.54, 1.807) is 6.92 Å². The van der Waals surface area contributed by atoms with Crippen molar-refractivity contribution >= 4 is 23.0 Å². The summed E-state index contributed by atoms with van der Waals surface area (Å²) in [6.07, 6.45) is 0. The van der Waals surface area contributed by atoms with Crippen molar-refractivity contribution in [3.8, 4) is 0 Å². The molecule has 0 spiro atoms. The van der Waals surface area contributed by atoms with Gasteiger partial charge in [-0.25, -0.2) is 0 Å². The van der Waals surface area contributed by atoms with E-state index in [9.17, 15) is 10.1 Å². The van der Waals surface area contributed by atoms with Crippen LogP contribution in [0.25, 0.3) is 0 Å². The van der Waals surface area contributed by atoms with Crippen LogP contribution in [0.3, 0.4) is 0 Å². The van der Waals surface area contributed by atoms with E-state index in [2.05, 4.69) is 0 Å². The molecule has 0 heterocycles. The Labute approximate surface area is 74.1 Å². The first-order valence-electron chi connectivity index (χ1n) is 3.23. The largest absolute Gasteiger partial charge is 0.397 e. The molecule has 0 saturated carbocycles. The van der Waals surface area contributed by atoms with Crippen LogP contribution in [0.5, 0.6) is 0 Å². The molecular weight excluding hydrogens is 180 g/mol. The summed E-state index contributed by atoms with van der Waals surface area (Å²) in [7, 11) is 0. The summed E-state index contributed by atoms with van der Waals surface area (Å²) in [5.41, 5.74) is 6.16. The second-order valence-electron chi connectivity index (χ2n) is 2.36. The number of nitrogens with zero attached hydrogens (tertiary/aromatic N) is 1. The van der Waals surface area contributed by atoms with Gasteiger partial charge in [0.05, 0.1) is 21.2 Å². The van der Waals surface area contributed by atoms with Crippen LogP contribution >= 0.6 is 11.6 Å². The van der Waals surface area contributed by atoms with Crippen molar-refractivity contribution in [1.29, 1.82) is 0 Å². The molecule has 0 unspecified atom stereocenters. The summed E-state index contributed by atoms with van der Waals surface area (Å²) in [6, 6.07) is 2.76. The predicted octanol–water partition coefficient (Wildman–Crippen LogP) is 2.14. The molecule has 0 atom stereocenters. The van der Waals surface area contributed by atoms with Crippen molar-refractivity contribution in [2.45, 2.75) is 6.92 Å². The molecule has 4 nitrogen and oxygen atoms in total. The monoisotopic (exact) mass is 186 g/mol. The Hall–Kier alpha value is -1.29. The third kappa shape index (κ3) is 1.33. The fourth-order valence-corrected chi connectivity index (χ4v) is 1.09. The van der Waals surface area contributed by atoms with E-state index in [-0.39, 0.29) is 11.4 Å². The second-order valence-corrected chi connectivity index (χ2v) is 2.77. The molecule has 12 heavy (non-hydrogen) atoms. The average molecular weight is 187 g/mol. The zero-order valence-corrected chi connectivity index (χ0v) is 7.13. The highest BCUT2D eigenvalue weighted by Crippen LogP contribution is 2.29. The number of halogens is 1. The molecule has 5 heteroatoms. The normalized spacial score (nSPS) is 9.83. The van der Waals surface area contributed by atoms with Crippen molar-refractivity contribution in [3.05, 3.63) is 32.8 Å². The maximum absolute atomic E-state index is 10.4. The van der Waals surface area contributed by atoms with Gasteiger partial charge in [-0.3, -0.25) is 10.1 Å². The summed E-state index contributed by atoms with van der Waals surface area (Å²) in [5, 5.41) is 10.7. The smallest absolute Gasteiger partial charge is 0.274 e. The van der Waals surface area contributed by atoms with Crippen LogP contribution in [-0.2, 0) is 0 Å². The van der Waals surface area contributed by atoms with Crippen LogP contribution in [0.15, 0.2) is 12.1 Å². The average Bonchev–Trinajstić information content (AvgIpc) is 2.00. The zero-order chi connectivity index (χ0) is 9.30. The van der Waals surface area contributed by atoms with Crippen molar-refractivity contribution < 1.29 is 4.92 Å². The molecule has 1 rings (SSSR count). The topological polar surface area (TPSA) is 69.2 Å². The van der Waals surface area contributed by atoms with Gasteiger partial charge in [-0.2, -0.15) is 0 Å². The van der Waals surface area contributed by atoms with E-state index >= 15 is 0 Å². The molecule has 1 aromatic carbocycles. The molecule has 0 radical (unpaired) electrons. The lowest BCUT2D eigenvalue weighted by Crippen LogP contribution is -1.96. The van der Waals surface area contributed by atoms with Crippen LogP contribution in [0.2, 0.25) is 5.02 Å². The summed E-state index contributed by atoms with van der Waals surface area (Å²) in [6.45, 7) is 1.57. The maximum atomic E-state index is 10.4. The summed E-state index contributed by atoms with van der Waals surface area (Å²) >= 11 is 5.64. The van der Waals surface area contributed by atoms with Gasteiger partial charge in [-0.05, 0) is 13.0 Å². The van der Waals surface area contributed by atoms with Gasteiger partial charge in [-0.1, -0.05) is 11.6 Å². The molecule has 0 bridgehead atoms. The van der Waals surface area contributed by atoms with E-state index in [1.165, 1.54) is 12.1 Å². The molecule has 0 saturated heterocycles. The van der Waals surface area contributed by atoms with E-state index in [1.807, 2.05) is 0 Å². The lowest BCUT2D eigenvalue weighted by molar-refractivity contribution is -0.385. The Morgan fingerprint density at radius 1 is 1.58 bits per heavy atom. The number of anilines is 1. The third-order valence-electron chi connectivity index (χ3n) is 1.63. The number of rotatable bonds is 1. The van der Waals surface area contributed by atoms with Crippen molar-refractivity contribution in [3.63, 3.8) is 0 Å². The molecular formula is C7H7ClN2O2. The van der Waals surface area contributed by atoms with Crippen molar-refractivity contribution in [2.24, 2.45) is 0 Å². The first-order valence-corrected chi connectivity index (χ1v) is 3.61. The van der Waals surface area contributed by atoms with Gasteiger partial charge < -0.3 is 5.73 Å². The van der Waals surface area contributed by atoms with E-state index < -0.39 is 4.92 Å². The summed E-state index contributed by atoms with van der Waals surface area (Å²) in [5.74, 6) is 0. The first kappa shape index (κ1) is 8.80. The maximum Gasteiger partial charge on any atom is 0.274 e. The third-order valence-corrected chi connectivity index (χ3v) is 1.96. The molecule has 1 aromatic rings. The van der Waals surface area contributed by atoms with Gasteiger partial charge in [0.25, 0.3) is 5.69 Å². The van der Waals surface area contributed by atoms with Gasteiger partial charge in [-0.15, -0.1) is 0 Å². The lowest BCUT2D eigenvalue weighted by Gasteiger charge is -2.02. The first-order chi connectivity index (χ1) is 5.54. The van der Waals surface area contributed by atoms with Crippen molar-refractivity contribution in [2.75, 3.05) is 5.73 Å². The fourth-order valence-electron chi connectivity index (χ4n) is 0.882. The minimum atomic E-state index is -0.484. The minimum absolute atomic E-state index is 0.00287. The molecule has 2 N–H and O–H groups in total. The number of nitrogens with two attached hydrogens (primary N) is 1. The Kier molecular flexibility index (Phi) is 2.19. The van der Waals surface area contributed by atoms with Crippen LogP contribution in [0.1, 0.15) is 5.56 Å². The molecule has 64 valence electrons. The Morgan fingerprint density at radius 2 is 2.17 bits per heavy atom. The SMILES string of the molecule is Cc1c([N+](=O)[O-])ccc(Cl)c1N. The number of nitro groups is 1. The van der Waals surface area contributed by atoms with Gasteiger partial charge >= 0.3 is 0 Å². The molecule has 0 amide bonds. The summed E-state index contributed by atoms with van der Waals surface area (Å²) in [4.78, 5) is 9.91. The number of benzene rings is 1. The highest BCUT2D eigenvalue weighted by Gasteiger charge is 2.13. The Bertz CT molecular complexity index is 338. The highest BCUT2D eigenvalue weighted by atomic mass is 35.5. The standard InChI is InChI=1S/C7H7ClN2O2/c1-4-6(10(11)12)3-2-5(8)7(4)9/h2-3H,9H2,1H3. The zero-order valence-electron chi connectivity index (χ0n) is 6.37. The minimum Gasteiger partial charge on any atom is -0.397 e. The number of nitrogen functional groups attached to an aromatic ring is 1. The van der Waals surface area contributed by atoms with E-state index in [0.717, 1.165) is 0 Å². The predicted molar refractivity (Wildman–Crippen MR) is 47.3 cm³/mol. The fraction of sp³-hybridized carbons (Fsp3) is 0.143. The van der Waals surface area contributed by atoms with Gasteiger partial charge in [0, 0.05) is 6.07 Å². The quantitative estimate of drug-likeness (QED) is 0.415. The molecule has 0 aromatic heterocycles. The molecule has 0 aliphatic rings. The van der Waals surface area contributed by atoms with E-state index in [0.29, 0.717) is 10.6 Å². The highest BCUT2D eigenvalue weighted by molar-refractivity contribution is 6.33. The van der Waals surface area contributed by atoms with Crippen molar-refractivity contribution in [1.82, 2.24) is 0 Å². The Morgan fingerprint density at radius 3 is 2.67 bits per heavy atom. The van der Waals surface area contributed by atoms with E-state index in [4.69, 9.17) is 17.3 Å². The van der Waals surface area contributed by atoms with Gasteiger partial charge in [0.2, 0.25) is 0 Å². The molecule has 0 fully saturated rings. The lowest BCUT2D eigenvalue weighted by atomic mass is 10.1. The molecule has 0 aliphatic carbocycles. The van der Waals surface area contributed by atoms with Crippen LogP contribution in [0.4, 0.5) is 11.4 Å². The van der Waals surface area contributed by atoms with Gasteiger partial charge in [0.15, 0.2) is 0 Å².